The molecule has 0 saturated carbocycles. The van der Waals surface area contributed by atoms with Crippen molar-refractivity contribution in [2.45, 2.75) is 44.6 Å². The van der Waals surface area contributed by atoms with E-state index in [0.29, 0.717) is 6.42 Å². The lowest BCUT2D eigenvalue weighted by molar-refractivity contribution is -0.140. The number of nitrogens with one attached hydrogen (secondary N) is 1. The number of amides is 2. The van der Waals surface area contributed by atoms with Gasteiger partial charge in [0.2, 0.25) is 11.8 Å². The Morgan fingerprint density at radius 2 is 1.65 bits per heavy atom. The van der Waals surface area contributed by atoms with Gasteiger partial charge in [0.15, 0.2) is 0 Å². The van der Waals surface area contributed by atoms with E-state index in [1.54, 1.807) is 10.4 Å². The summed E-state index contributed by atoms with van der Waals surface area (Å²) in [6, 6.07) is 22.5. The molecule has 4 N–H and O–H groups in total. The van der Waals surface area contributed by atoms with Crippen molar-refractivity contribution < 1.29 is 25.0 Å². The van der Waals surface area contributed by atoms with Crippen LogP contribution in [0.3, 0.4) is 0 Å². The second kappa shape index (κ2) is 10.6. The van der Waals surface area contributed by atoms with E-state index in [1.807, 2.05) is 72.8 Å². The van der Waals surface area contributed by atoms with Gasteiger partial charge in [-0.1, -0.05) is 72.8 Å². The maximum atomic E-state index is 13.2. The van der Waals surface area contributed by atoms with Gasteiger partial charge in [0, 0.05) is 25.8 Å². The van der Waals surface area contributed by atoms with Gasteiger partial charge in [0.1, 0.15) is 0 Å². The van der Waals surface area contributed by atoms with Crippen LogP contribution in [0.25, 0.3) is 11.1 Å². The Hall–Kier alpha value is -3.52. The maximum Gasteiger partial charge on any atom is 0.243 e. The standard InChI is InChI=1S/C27H28N2O5/c30-17-21-6-2-3-7-22(21)19-11-9-18(10-12-19)16-29(26(33)14-13-25(32)28-34)27-23-8-4-1-5-20(23)15-24(27)31/h1-12,24,27,30-31,34H,13-17H2,(H,28,32)/t24-,27+/m1/s1. The van der Waals surface area contributed by atoms with Crippen LogP contribution in [0.1, 0.15) is 41.1 Å². The van der Waals surface area contributed by atoms with Gasteiger partial charge < -0.3 is 15.1 Å². The summed E-state index contributed by atoms with van der Waals surface area (Å²) in [6.45, 7) is 0.207. The van der Waals surface area contributed by atoms with E-state index in [1.165, 1.54) is 0 Å². The number of hydrogen-bond donors (Lipinski definition) is 4. The molecule has 1 aliphatic carbocycles. The Labute approximate surface area is 198 Å². The number of aliphatic hydroxyl groups is 2. The van der Waals surface area contributed by atoms with Gasteiger partial charge in [-0.05, 0) is 33.4 Å². The van der Waals surface area contributed by atoms with Crippen molar-refractivity contribution in [1.82, 2.24) is 10.4 Å². The van der Waals surface area contributed by atoms with E-state index in [2.05, 4.69) is 0 Å². The van der Waals surface area contributed by atoms with Gasteiger partial charge in [-0.2, -0.15) is 0 Å². The summed E-state index contributed by atoms with van der Waals surface area (Å²) in [5, 5.41) is 29.3. The summed E-state index contributed by atoms with van der Waals surface area (Å²) in [5.74, 6) is -0.911. The van der Waals surface area contributed by atoms with E-state index in [0.717, 1.165) is 33.4 Å². The molecular formula is C27H28N2O5. The molecule has 0 aromatic heterocycles. The number of nitrogens with zero attached hydrogens (tertiary/aromatic N) is 1. The van der Waals surface area contributed by atoms with Gasteiger partial charge in [-0.3, -0.25) is 14.8 Å². The van der Waals surface area contributed by atoms with Crippen LogP contribution in [0.5, 0.6) is 0 Å². The van der Waals surface area contributed by atoms with Crippen LogP contribution < -0.4 is 5.48 Å². The third-order valence-electron chi connectivity index (χ3n) is 6.32. The number of aliphatic hydroxyl groups excluding tert-OH is 2. The van der Waals surface area contributed by atoms with Gasteiger partial charge in [0.25, 0.3) is 0 Å². The average molecular weight is 461 g/mol. The van der Waals surface area contributed by atoms with Gasteiger partial charge >= 0.3 is 0 Å². The molecule has 4 rings (SSSR count). The van der Waals surface area contributed by atoms with Crippen molar-refractivity contribution in [3.05, 3.63) is 95.1 Å². The zero-order chi connectivity index (χ0) is 24.1. The fraction of sp³-hybridized carbons (Fsp3) is 0.259. The van der Waals surface area contributed by atoms with Crippen molar-refractivity contribution in [1.29, 1.82) is 0 Å². The molecule has 0 bridgehead atoms. The monoisotopic (exact) mass is 460 g/mol. The topological polar surface area (TPSA) is 110 Å². The van der Waals surface area contributed by atoms with Gasteiger partial charge in [-0.15, -0.1) is 0 Å². The van der Waals surface area contributed by atoms with Crippen LogP contribution in [0, 0.1) is 0 Å². The Balaban J connectivity index is 1.61. The normalized spacial score (nSPS) is 16.7. The summed E-state index contributed by atoms with van der Waals surface area (Å²) in [7, 11) is 0. The fourth-order valence-electron chi connectivity index (χ4n) is 4.62. The molecule has 7 nitrogen and oxygen atoms in total. The van der Waals surface area contributed by atoms with E-state index in [9.17, 15) is 19.8 Å². The van der Waals surface area contributed by atoms with Crippen LogP contribution in [0.4, 0.5) is 0 Å². The highest BCUT2D eigenvalue weighted by Gasteiger charge is 2.37. The Morgan fingerprint density at radius 3 is 2.38 bits per heavy atom. The smallest absolute Gasteiger partial charge is 0.243 e. The van der Waals surface area contributed by atoms with Crippen LogP contribution in [-0.4, -0.2) is 38.2 Å². The number of hydrogen-bond acceptors (Lipinski definition) is 5. The van der Waals surface area contributed by atoms with Gasteiger partial charge in [0.05, 0.1) is 18.8 Å². The Kier molecular flexibility index (Phi) is 7.37. The second-order valence-electron chi connectivity index (χ2n) is 8.48. The first-order valence-electron chi connectivity index (χ1n) is 11.3. The summed E-state index contributed by atoms with van der Waals surface area (Å²) in [5.41, 5.74) is 7.07. The van der Waals surface area contributed by atoms with Crippen LogP contribution >= 0.6 is 0 Å². The third-order valence-corrected chi connectivity index (χ3v) is 6.32. The summed E-state index contributed by atoms with van der Waals surface area (Å²) in [6.07, 6.45) is -0.519. The highest BCUT2D eigenvalue weighted by molar-refractivity contribution is 5.83. The molecule has 0 spiro atoms. The van der Waals surface area contributed by atoms with Crippen LogP contribution in [0.2, 0.25) is 0 Å². The zero-order valence-electron chi connectivity index (χ0n) is 18.7. The summed E-state index contributed by atoms with van der Waals surface area (Å²) >= 11 is 0. The molecule has 3 aromatic carbocycles. The lowest BCUT2D eigenvalue weighted by atomic mass is 9.98. The molecule has 0 saturated heterocycles. The average Bonchev–Trinajstić information content (AvgIpc) is 3.21. The van der Waals surface area contributed by atoms with E-state index in [-0.39, 0.29) is 31.9 Å². The first-order valence-corrected chi connectivity index (χ1v) is 11.3. The molecule has 0 radical (unpaired) electrons. The minimum absolute atomic E-state index is 0.0550. The van der Waals surface area contributed by atoms with Crippen molar-refractivity contribution in [3.8, 4) is 11.1 Å². The molecule has 1 aliphatic rings. The van der Waals surface area contributed by atoms with E-state index < -0.39 is 18.1 Å². The Bertz CT molecular complexity index is 1160. The molecule has 0 heterocycles. The van der Waals surface area contributed by atoms with Crippen LogP contribution in [-0.2, 0) is 29.2 Å². The molecule has 0 fully saturated rings. The first kappa shape index (κ1) is 23.6. The lowest BCUT2D eigenvalue weighted by Crippen LogP contribution is -2.39. The predicted octanol–water partition coefficient (Wildman–Crippen LogP) is 3.12. The molecule has 2 atom stereocenters. The number of hydroxylamine groups is 1. The maximum absolute atomic E-state index is 13.2. The lowest BCUT2D eigenvalue weighted by Gasteiger charge is -2.32. The zero-order valence-corrected chi connectivity index (χ0v) is 18.7. The van der Waals surface area contributed by atoms with E-state index in [4.69, 9.17) is 5.21 Å². The van der Waals surface area contributed by atoms with Crippen molar-refractivity contribution in [2.75, 3.05) is 0 Å². The van der Waals surface area contributed by atoms with Crippen molar-refractivity contribution >= 4 is 11.8 Å². The molecule has 34 heavy (non-hydrogen) atoms. The molecule has 0 aliphatic heterocycles. The highest BCUT2D eigenvalue weighted by atomic mass is 16.5. The van der Waals surface area contributed by atoms with Crippen molar-refractivity contribution in [2.24, 2.45) is 0 Å². The quantitative estimate of drug-likeness (QED) is 0.305. The van der Waals surface area contributed by atoms with Gasteiger partial charge in [-0.25, -0.2) is 5.48 Å². The van der Waals surface area contributed by atoms with Crippen LogP contribution in [0.15, 0.2) is 72.8 Å². The third kappa shape index (κ3) is 5.02. The fourth-order valence-corrected chi connectivity index (χ4v) is 4.62. The minimum atomic E-state index is -0.747. The molecular weight excluding hydrogens is 432 g/mol. The number of fused-ring (bicyclic) bond motifs is 1. The largest absolute Gasteiger partial charge is 0.392 e. The van der Waals surface area contributed by atoms with E-state index >= 15 is 0 Å². The number of carbonyl (C=O) groups is 2. The molecule has 0 unspecified atom stereocenters. The minimum Gasteiger partial charge on any atom is -0.392 e. The number of carbonyl (C=O) groups excluding carboxylic acids is 2. The molecule has 7 heteroatoms. The number of benzene rings is 3. The molecule has 2 amide bonds. The molecule has 176 valence electrons. The Morgan fingerprint density at radius 1 is 0.941 bits per heavy atom. The first-order chi connectivity index (χ1) is 16.5. The number of rotatable bonds is 8. The predicted molar refractivity (Wildman–Crippen MR) is 126 cm³/mol. The summed E-state index contributed by atoms with van der Waals surface area (Å²) in [4.78, 5) is 26.3. The summed E-state index contributed by atoms with van der Waals surface area (Å²) < 4.78 is 0. The SMILES string of the molecule is O=C(CCC(=O)N(Cc1ccc(-c2ccccc2CO)cc1)[C@H]1c2ccccc2C[C@H]1O)NO. The second-order valence-corrected chi connectivity index (χ2v) is 8.48. The highest BCUT2D eigenvalue weighted by Crippen LogP contribution is 2.37. The van der Waals surface area contributed by atoms with Crippen molar-refractivity contribution in [3.63, 3.8) is 0 Å². The molecule has 3 aromatic rings.